The standard InChI is InChI=1S/C15H7BrClF2NO/c16-8-5-12(18)14(13(19)6-8)15(21)10(7-20)9-3-1-2-4-11(9)17/h1-6,10H. The third-order valence-corrected chi connectivity index (χ3v) is 3.66. The monoisotopic (exact) mass is 369 g/mol. The summed E-state index contributed by atoms with van der Waals surface area (Å²) in [7, 11) is 0. The normalized spacial score (nSPS) is 11.8. The summed E-state index contributed by atoms with van der Waals surface area (Å²) in [5.41, 5.74) is -0.530. The van der Waals surface area contributed by atoms with Gasteiger partial charge in [-0.25, -0.2) is 8.78 Å². The Morgan fingerprint density at radius 1 is 1.24 bits per heavy atom. The number of carbonyl (C=O) groups excluding carboxylic acids is 1. The Morgan fingerprint density at radius 3 is 2.33 bits per heavy atom. The number of nitrogens with zero attached hydrogens (tertiary/aromatic N) is 1. The van der Waals surface area contributed by atoms with Gasteiger partial charge in [-0.3, -0.25) is 4.79 Å². The van der Waals surface area contributed by atoms with Crippen LogP contribution >= 0.6 is 27.5 Å². The maximum absolute atomic E-state index is 13.8. The third kappa shape index (κ3) is 3.12. The maximum atomic E-state index is 13.8. The molecule has 21 heavy (non-hydrogen) atoms. The maximum Gasteiger partial charge on any atom is 0.190 e. The molecule has 2 aromatic rings. The lowest BCUT2D eigenvalue weighted by molar-refractivity contribution is 0.0970. The third-order valence-electron chi connectivity index (χ3n) is 2.86. The fourth-order valence-electron chi connectivity index (χ4n) is 1.90. The van der Waals surface area contributed by atoms with Gasteiger partial charge in [0, 0.05) is 9.50 Å². The smallest absolute Gasteiger partial charge is 0.190 e. The molecule has 2 aromatic carbocycles. The van der Waals surface area contributed by atoms with Gasteiger partial charge in [0.05, 0.1) is 11.6 Å². The molecule has 2 rings (SSSR count). The second-order valence-corrected chi connectivity index (χ2v) is 5.52. The van der Waals surface area contributed by atoms with Crippen molar-refractivity contribution in [1.29, 1.82) is 5.26 Å². The highest BCUT2D eigenvalue weighted by Gasteiger charge is 2.28. The molecule has 0 fully saturated rings. The molecule has 0 heterocycles. The molecule has 0 radical (unpaired) electrons. The second kappa shape index (κ2) is 6.33. The average molecular weight is 371 g/mol. The summed E-state index contributed by atoms with van der Waals surface area (Å²) < 4.78 is 27.8. The zero-order valence-electron chi connectivity index (χ0n) is 10.4. The van der Waals surface area contributed by atoms with E-state index in [1.807, 2.05) is 0 Å². The Hall–Kier alpha value is -1.77. The van der Waals surface area contributed by atoms with Crippen molar-refractivity contribution >= 4 is 33.3 Å². The van der Waals surface area contributed by atoms with Crippen LogP contribution in [0.5, 0.6) is 0 Å². The van der Waals surface area contributed by atoms with Gasteiger partial charge < -0.3 is 0 Å². The molecule has 106 valence electrons. The van der Waals surface area contributed by atoms with Gasteiger partial charge in [0.25, 0.3) is 0 Å². The van der Waals surface area contributed by atoms with Crippen LogP contribution in [0.25, 0.3) is 0 Å². The van der Waals surface area contributed by atoms with Crippen molar-refractivity contribution in [3.63, 3.8) is 0 Å². The SMILES string of the molecule is N#CC(C(=O)c1c(F)cc(Br)cc1F)c1ccccc1Cl. The summed E-state index contributed by atoms with van der Waals surface area (Å²) in [6.07, 6.45) is 0. The van der Waals surface area contributed by atoms with Crippen molar-refractivity contribution in [1.82, 2.24) is 0 Å². The first-order valence-electron chi connectivity index (χ1n) is 5.78. The molecule has 0 spiro atoms. The number of benzene rings is 2. The minimum Gasteiger partial charge on any atom is -0.292 e. The van der Waals surface area contributed by atoms with Crippen LogP contribution in [0.4, 0.5) is 8.78 Å². The van der Waals surface area contributed by atoms with Gasteiger partial charge in [-0.2, -0.15) is 5.26 Å². The Balaban J connectivity index is 2.53. The molecule has 0 saturated heterocycles. The highest BCUT2D eigenvalue weighted by atomic mass is 79.9. The summed E-state index contributed by atoms with van der Waals surface area (Å²) in [5, 5.41) is 9.38. The summed E-state index contributed by atoms with van der Waals surface area (Å²) in [6, 6.07) is 9.89. The fraction of sp³-hybridized carbons (Fsp3) is 0.0667. The molecule has 0 aliphatic carbocycles. The highest BCUT2D eigenvalue weighted by Crippen LogP contribution is 2.29. The van der Waals surface area contributed by atoms with Crippen molar-refractivity contribution in [3.05, 3.63) is 68.7 Å². The summed E-state index contributed by atoms with van der Waals surface area (Å²) >= 11 is 8.87. The van der Waals surface area contributed by atoms with Crippen LogP contribution in [0.1, 0.15) is 21.8 Å². The second-order valence-electron chi connectivity index (χ2n) is 4.19. The molecule has 1 unspecified atom stereocenters. The topological polar surface area (TPSA) is 40.9 Å². The molecular formula is C15H7BrClF2NO. The van der Waals surface area contributed by atoms with Gasteiger partial charge >= 0.3 is 0 Å². The lowest BCUT2D eigenvalue weighted by Gasteiger charge is -2.12. The first-order chi connectivity index (χ1) is 9.95. The average Bonchev–Trinajstić information content (AvgIpc) is 2.40. The predicted molar refractivity (Wildman–Crippen MR) is 78.2 cm³/mol. The Morgan fingerprint density at radius 2 is 1.81 bits per heavy atom. The van der Waals surface area contributed by atoms with Crippen LogP contribution in [-0.4, -0.2) is 5.78 Å². The van der Waals surface area contributed by atoms with Crippen LogP contribution < -0.4 is 0 Å². The van der Waals surface area contributed by atoms with Gasteiger partial charge in [0.1, 0.15) is 17.6 Å². The van der Waals surface area contributed by atoms with E-state index in [4.69, 9.17) is 11.6 Å². The van der Waals surface area contributed by atoms with Gasteiger partial charge in [-0.05, 0) is 23.8 Å². The van der Waals surface area contributed by atoms with Crippen molar-refractivity contribution < 1.29 is 13.6 Å². The van der Waals surface area contributed by atoms with E-state index in [0.717, 1.165) is 12.1 Å². The van der Waals surface area contributed by atoms with Gasteiger partial charge in [0.15, 0.2) is 5.78 Å². The zero-order chi connectivity index (χ0) is 15.6. The van der Waals surface area contributed by atoms with E-state index in [9.17, 15) is 18.8 Å². The summed E-state index contributed by atoms with van der Waals surface area (Å²) in [6.45, 7) is 0. The van der Waals surface area contributed by atoms with Crippen LogP contribution in [0.15, 0.2) is 40.9 Å². The van der Waals surface area contributed by atoms with E-state index in [-0.39, 0.29) is 15.1 Å². The van der Waals surface area contributed by atoms with E-state index < -0.39 is 28.9 Å². The Labute approximate surface area is 133 Å². The first-order valence-corrected chi connectivity index (χ1v) is 6.95. The van der Waals surface area contributed by atoms with Crippen LogP contribution in [-0.2, 0) is 0 Å². The minimum absolute atomic E-state index is 0.167. The van der Waals surface area contributed by atoms with E-state index in [2.05, 4.69) is 15.9 Å². The Bertz CT molecular complexity index is 735. The number of hydrogen-bond acceptors (Lipinski definition) is 2. The molecular weight excluding hydrogens is 364 g/mol. The molecule has 0 aliphatic rings. The van der Waals surface area contributed by atoms with Crippen molar-refractivity contribution in [2.24, 2.45) is 0 Å². The van der Waals surface area contributed by atoms with Gasteiger partial charge in [0.2, 0.25) is 0 Å². The predicted octanol–water partition coefficient (Wildman–Crippen LogP) is 4.87. The molecule has 0 saturated carbocycles. The van der Waals surface area contributed by atoms with Crippen LogP contribution in [0.3, 0.4) is 0 Å². The summed E-state index contributed by atoms with van der Waals surface area (Å²) in [4.78, 5) is 12.3. The number of rotatable bonds is 3. The van der Waals surface area contributed by atoms with Crippen molar-refractivity contribution in [3.8, 4) is 6.07 Å². The number of carbonyl (C=O) groups is 1. The number of hydrogen-bond donors (Lipinski definition) is 0. The van der Waals surface area contributed by atoms with E-state index in [0.29, 0.717) is 0 Å². The van der Waals surface area contributed by atoms with Crippen LogP contribution in [0.2, 0.25) is 5.02 Å². The lowest BCUT2D eigenvalue weighted by atomic mass is 9.91. The number of Topliss-reactive ketones (excluding diaryl/α,β-unsaturated/α-hetero) is 1. The Kier molecular flexibility index (Phi) is 4.71. The number of nitriles is 1. The quantitative estimate of drug-likeness (QED) is 0.723. The summed E-state index contributed by atoms with van der Waals surface area (Å²) in [5.74, 6) is -4.39. The van der Waals surface area contributed by atoms with E-state index in [1.165, 1.54) is 12.1 Å². The first kappa shape index (κ1) is 15.6. The number of ketones is 1. The molecule has 0 bridgehead atoms. The van der Waals surface area contributed by atoms with Gasteiger partial charge in [-0.1, -0.05) is 45.7 Å². The minimum atomic E-state index is -1.37. The molecule has 0 aromatic heterocycles. The van der Waals surface area contributed by atoms with Crippen molar-refractivity contribution in [2.45, 2.75) is 5.92 Å². The zero-order valence-corrected chi connectivity index (χ0v) is 12.8. The van der Waals surface area contributed by atoms with Crippen molar-refractivity contribution in [2.75, 3.05) is 0 Å². The molecule has 6 heteroatoms. The molecule has 1 atom stereocenters. The molecule has 0 N–H and O–H groups in total. The van der Waals surface area contributed by atoms with E-state index >= 15 is 0 Å². The molecule has 0 aliphatic heterocycles. The highest BCUT2D eigenvalue weighted by molar-refractivity contribution is 9.10. The largest absolute Gasteiger partial charge is 0.292 e. The fourth-order valence-corrected chi connectivity index (χ4v) is 2.55. The van der Waals surface area contributed by atoms with Gasteiger partial charge in [-0.15, -0.1) is 0 Å². The van der Waals surface area contributed by atoms with E-state index in [1.54, 1.807) is 18.2 Å². The van der Waals surface area contributed by atoms with Crippen LogP contribution in [0, 0.1) is 23.0 Å². The lowest BCUT2D eigenvalue weighted by Crippen LogP contribution is -2.15. The number of halogens is 4. The molecule has 0 amide bonds. The molecule has 2 nitrogen and oxygen atoms in total.